The first kappa shape index (κ1) is 11.4. The maximum atomic E-state index is 11.7. The second-order valence-corrected chi connectivity index (χ2v) is 5.99. The van der Waals surface area contributed by atoms with E-state index in [0.717, 1.165) is 10.2 Å². The number of alkyl halides is 1. The summed E-state index contributed by atoms with van der Waals surface area (Å²) in [5, 5.41) is 0.660. The van der Waals surface area contributed by atoms with Crippen LogP contribution in [0.25, 0.3) is 0 Å². The number of carbonyl (C=O) groups excluding carboxylic acids is 1. The highest BCUT2D eigenvalue weighted by Gasteiger charge is 2.29. The van der Waals surface area contributed by atoms with Crippen molar-refractivity contribution in [1.29, 1.82) is 0 Å². The first-order valence-corrected chi connectivity index (χ1v) is 6.56. The van der Waals surface area contributed by atoms with Crippen LogP contribution in [0.5, 0.6) is 0 Å². The van der Waals surface area contributed by atoms with Gasteiger partial charge in [0.2, 0.25) is 5.91 Å². The molecule has 15 heavy (non-hydrogen) atoms. The molecule has 2 rings (SSSR count). The molecule has 1 saturated heterocycles. The number of carbonyl (C=O) groups is 1. The van der Waals surface area contributed by atoms with Crippen LogP contribution in [0.3, 0.4) is 0 Å². The van der Waals surface area contributed by atoms with Crippen molar-refractivity contribution in [2.24, 2.45) is 0 Å². The summed E-state index contributed by atoms with van der Waals surface area (Å²) in [7, 11) is 0. The highest BCUT2D eigenvalue weighted by Crippen LogP contribution is 2.33. The Morgan fingerprint density at radius 2 is 2.20 bits per heavy atom. The van der Waals surface area contributed by atoms with Gasteiger partial charge in [-0.15, -0.1) is 0 Å². The van der Waals surface area contributed by atoms with Gasteiger partial charge in [0.05, 0.1) is 5.69 Å². The van der Waals surface area contributed by atoms with Crippen molar-refractivity contribution >= 4 is 55.1 Å². The Bertz CT molecular complexity index is 410. The number of amides is 1. The van der Waals surface area contributed by atoms with E-state index in [1.165, 1.54) is 0 Å². The van der Waals surface area contributed by atoms with Crippen LogP contribution in [0.15, 0.2) is 22.7 Å². The monoisotopic (exact) mass is 351 g/mol. The van der Waals surface area contributed by atoms with E-state index in [1.54, 1.807) is 17.0 Å². The van der Waals surface area contributed by atoms with Crippen molar-refractivity contribution in [1.82, 2.24) is 0 Å². The summed E-state index contributed by atoms with van der Waals surface area (Å²) in [6, 6.07) is 5.44. The van der Waals surface area contributed by atoms with Crippen LogP contribution < -0.4 is 4.90 Å². The van der Waals surface area contributed by atoms with Crippen molar-refractivity contribution in [2.75, 3.05) is 11.4 Å². The topological polar surface area (TPSA) is 20.3 Å². The zero-order valence-electron chi connectivity index (χ0n) is 7.71. The second-order valence-electron chi connectivity index (χ2n) is 3.40. The Balaban J connectivity index is 2.34. The average Bonchev–Trinajstić information content (AvgIpc) is 2.45. The summed E-state index contributed by atoms with van der Waals surface area (Å²) in [6.07, 6.45) is 0.551. The molecule has 0 saturated carbocycles. The van der Waals surface area contributed by atoms with Gasteiger partial charge in [0.25, 0.3) is 0 Å². The highest BCUT2D eigenvalue weighted by atomic mass is 79.9. The normalized spacial score (nSPS) is 21.1. The molecular formula is C10H8Br2ClNO. The van der Waals surface area contributed by atoms with E-state index in [1.807, 2.05) is 6.07 Å². The predicted octanol–water partition coefficient (Wildman–Crippen LogP) is 3.60. The van der Waals surface area contributed by atoms with E-state index in [0.29, 0.717) is 18.0 Å². The molecule has 0 N–H and O–H groups in total. The average molecular weight is 353 g/mol. The number of hydrogen-bond donors (Lipinski definition) is 0. The molecule has 0 aromatic heterocycles. The van der Waals surface area contributed by atoms with Gasteiger partial charge in [0.1, 0.15) is 0 Å². The highest BCUT2D eigenvalue weighted by molar-refractivity contribution is 9.10. The third-order valence-corrected chi connectivity index (χ3v) is 3.76. The Labute approximate surface area is 110 Å². The summed E-state index contributed by atoms with van der Waals surface area (Å²) in [5.74, 6) is 0.139. The molecule has 1 aliphatic heterocycles. The fraction of sp³-hybridized carbons (Fsp3) is 0.300. The van der Waals surface area contributed by atoms with Crippen molar-refractivity contribution in [2.45, 2.75) is 11.2 Å². The van der Waals surface area contributed by atoms with Crippen LogP contribution in [-0.4, -0.2) is 17.3 Å². The SMILES string of the molecule is O=C1CC(Br)CN1c1ccc(Cl)cc1Br. The molecule has 5 heteroatoms. The molecule has 1 heterocycles. The quantitative estimate of drug-likeness (QED) is 0.707. The molecule has 0 aliphatic carbocycles. The second kappa shape index (κ2) is 4.44. The van der Waals surface area contributed by atoms with E-state index in [9.17, 15) is 4.79 Å². The summed E-state index contributed by atoms with van der Waals surface area (Å²) >= 11 is 12.7. The van der Waals surface area contributed by atoms with Crippen molar-refractivity contribution < 1.29 is 4.79 Å². The Morgan fingerprint density at radius 1 is 1.47 bits per heavy atom. The minimum atomic E-state index is 0.139. The zero-order valence-corrected chi connectivity index (χ0v) is 11.6. The number of anilines is 1. The van der Waals surface area contributed by atoms with Gasteiger partial charge >= 0.3 is 0 Å². The molecule has 1 unspecified atom stereocenters. The number of nitrogens with zero attached hydrogens (tertiary/aromatic N) is 1. The fourth-order valence-electron chi connectivity index (χ4n) is 1.60. The first-order chi connectivity index (χ1) is 7.08. The largest absolute Gasteiger partial charge is 0.310 e. The van der Waals surface area contributed by atoms with E-state index in [-0.39, 0.29) is 10.7 Å². The van der Waals surface area contributed by atoms with Crippen molar-refractivity contribution in [3.05, 3.63) is 27.7 Å². The molecule has 0 bridgehead atoms. The molecule has 1 atom stereocenters. The maximum absolute atomic E-state index is 11.7. The first-order valence-electron chi connectivity index (χ1n) is 4.47. The van der Waals surface area contributed by atoms with Gasteiger partial charge in [0.15, 0.2) is 0 Å². The smallest absolute Gasteiger partial charge is 0.228 e. The van der Waals surface area contributed by atoms with E-state index < -0.39 is 0 Å². The maximum Gasteiger partial charge on any atom is 0.228 e. The van der Waals surface area contributed by atoms with Gasteiger partial charge in [-0.25, -0.2) is 0 Å². The van der Waals surface area contributed by atoms with E-state index in [2.05, 4.69) is 31.9 Å². The van der Waals surface area contributed by atoms with E-state index in [4.69, 9.17) is 11.6 Å². The number of benzene rings is 1. The van der Waals surface area contributed by atoms with Gasteiger partial charge in [-0.1, -0.05) is 27.5 Å². The molecule has 2 nitrogen and oxygen atoms in total. The minimum absolute atomic E-state index is 0.139. The van der Waals surface area contributed by atoms with Gasteiger partial charge in [-0.2, -0.15) is 0 Å². The van der Waals surface area contributed by atoms with Gasteiger partial charge in [0, 0.05) is 27.3 Å². The van der Waals surface area contributed by atoms with Crippen LogP contribution in [0.2, 0.25) is 5.02 Å². The van der Waals surface area contributed by atoms with Gasteiger partial charge in [-0.05, 0) is 34.1 Å². The summed E-state index contributed by atoms with van der Waals surface area (Å²) in [5.41, 5.74) is 0.881. The molecular weight excluding hydrogens is 345 g/mol. The molecule has 1 aliphatic rings. The molecule has 1 amide bonds. The Morgan fingerprint density at radius 3 is 2.73 bits per heavy atom. The van der Waals surface area contributed by atoms with Crippen LogP contribution in [-0.2, 0) is 4.79 Å². The van der Waals surface area contributed by atoms with Crippen molar-refractivity contribution in [3.63, 3.8) is 0 Å². The standard InChI is InChI=1S/C10H8Br2ClNO/c11-6-3-10(15)14(5-6)9-2-1-7(13)4-8(9)12/h1-2,4,6H,3,5H2. The van der Waals surface area contributed by atoms with Crippen LogP contribution >= 0.6 is 43.5 Å². The lowest BCUT2D eigenvalue weighted by Gasteiger charge is -2.17. The van der Waals surface area contributed by atoms with Gasteiger partial charge in [-0.3, -0.25) is 4.79 Å². The lowest BCUT2D eigenvalue weighted by atomic mass is 10.3. The molecule has 1 fully saturated rings. The predicted molar refractivity (Wildman–Crippen MR) is 68.8 cm³/mol. The molecule has 0 radical (unpaired) electrons. The van der Waals surface area contributed by atoms with Crippen LogP contribution in [0.4, 0.5) is 5.69 Å². The number of rotatable bonds is 1. The summed E-state index contributed by atoms with van der Waals surface area (Å²) < 4.78 is 0.852. The number of halogens is 3. The molecule has 1 aromatic rings. The molecule has 1 aromatic carbocycles. The molecule has 0 spiro atoms. The third-order valence-electron chi connectivity index (χ3n) is 2.28. The zero-order chi connectivity index (χ0) is 11.0. The van der Waals surface area contributed by atoms with Gasteiger partial charge < -0.3 is 4.90 Å². The lowest BCUT2D eigenvalue weighted by molar-refractivity contribution is -0.117. The molecule has 80 valence electrons. The van der Waals surface area contributed by atoms with Crippen LogP contribution in [0.1, 0.15) is 6.42 Å². The van der Waals surface area contributed by atoms with Crippen molar-refractivity contribution in [3.8, 4) is 0 Å². The third kappa shape index (κ3) is 2.37. The minimum Gasteiger partial charge on any atom is -0.310 e. The Hall–Kier alpha value is -0.0600. The van der Waals surface area contributed by atoms with E-state index >= 15 is 0 Å². The summed E-state index contributed by atoms with van der Waals surface area (Å²) in [6.45, 7) is 0.707. The van der Waals surface area contributed by atoms with Crippen LogP contribution in [0, 0.1) is 0 Å². The Kier molecular flexibility index (Phi) is 3.38. The number of hydrogen-bond acceptors (Lipinski definition) is 1. The summed E-state index contributed by atoms with van der Waals surface area (Å²) in [4.78, 5) is 13.7. The fourth-order valence-corrected chi connectivity index (χ4v) is 3.06. The lowest BCUT2D eigenvalue weighted by Crippen LogP contribution is -2.24.